The fraction of sp³-hybridized carbons (Fsp3) is 0.833. The molecule has 0 radical (unpaired) electrons. The van der Waals surface area contributed by atoms with E-state index in [-0.39, 0.29) is 5.78 Å². The van der Waals surface area contributed by atoms with Crippen molar-refractivity contribution < 1.29 is 19.8 Å². The minimum atomic E-state index is -0.833. The summed E-state index contributed by atoms with van der Waals surface area (Å²) in [5.41, 5.74) is 0. The third-order valence-corrected chi connectivity index (χ3v) is 0.957. The number of hydrogen-bond acceptors (Lipinski definition) is 3. The Morgan fingerprint density at radius 1 is 0.875 bits per heavy atom. The molecule has 0 bridgehead atoms. The first-order chi connectivity index (χ1) is 7.38. The van der Waals surface area contributed by atoms with Gasteiger partial charge in [0.15, 0.2) is 0 Å². The van der Waals surface area contributed by atoms with Gasteiger partial charge in [-0.25, -0.2) is 0 Å². The van der Waals surface area contributed by atoms with Crippen LogP contribution in [-0.4, -0.2) is 29.1 Å². The van der Waals surface area contributed by atoms with Crippen LogP contribution in [0.2, 0.25) is 0 Å². The lowest BCUT2D eigenvalue weighted by molar-refractivity contribution is -0.134. The number of carbonyl (C=O) groups excluding carboxylic acids is 1. The first-order valence-electron chi connectivity index (χ1n) is 5.49. The number of ketones is 1. The first-order valence-corrected chi connectivity index (χ1v) is 5.49. The van der Waals surface area contributed by atoms with Crippen LogP contribution < -0.4 is 0 Å². The number of carboxylic acids is 1. The normalized spacial score (nSPS) is 6.94. The highest BCUT2D eigenvalue weighted by molar-refractivity contribution is 5.72. The smallest absolute Gasteiger partial charge is 0.300 e. The molecule has 0 rings (SSSR count). The van der Waals surface area contributed by atoms with Gasteiger partial charge in [-0.1, -0.05) is 39.5 Å². The Bertz CT molecular complexity index is 109. The zero-order valence-corrected chi connectivity index (χ0v) is 11.5. The fourth-order valence-electron chi connectivity index (χ4n) is 0.500. The minimum Gasteiger partial charge on any atom is -0.481 e. The number of unbranched alkanes of at least 4 members (excludes halogenated alkanes) is 3. The number of rotatable bonds is 3. The van der Waals surface area contributed by atoms with E-state index in [2.05, 4.69) is 13.8 Å². The average molecular weight is 236 g/mol. The van der Waals surface area contributed by atoms with Gasteiger partial charge in [0.05, 0.1) is 0 Å². The van der Waals surface area contributed by atoms with E-state index >= 15 is 0 Å². The van der Waals surface area contributed by atoms with Crippen LogP contribution in [0.15, 0.2) is 0 Å². The highest BCUT2D eigenvalue weighted by atomic mass is 16.4. The van der Waals surface area contributed by atoms with Crippen LogP contribution >= 0.6 is 0 Å². The van der Waals surface area contributed by atoms with E-state index in [0.717, 1.165) is 14.0 Å². The molecule has 0 spiro atoms. The Morgan fingerprint density at radius 2 is 1.00 bits per heavy atom. The van der Waals surface area contributed by atoms with Crippen LogP contribution in [0.5, 0.6) is 0 Å². The molecule has 0 heterocycles. The highest BCUT2D eigenvalue weighted by Gasteiger charge is 1.75. The van der Waals surface area contributed by atoms with Gasteiger partial charge in [-0.3, -0.25) is 4.79 Å². The Morgan fingerprint density at radius 3 is 1.06 bits per heavy atom. The van der Waals surface area contributed by atoms with Crippen LogP contribution in [-0.2, 0) is 9.59 Å². The predicted molar refractivity (Wildman–Crippen MR) is 67.6 cm³/mol. The van der Waals surface area contributed by atoms with Crippen molar-refractivity contribution in [1.29, 1.82) is 0 Å². The molecule has 0 fully saturated rings. The summed E-state index contributed by atoms with van der Waals surface area (Å²) in [6.07, 6.45) is 5.54. The maximum Gasteiger partial charge on any atom is 0.300 e. The summed E-state index contributed by atoms with van der Waals surface area (Å²) in [6.45, 7) is 8.60. The summed E-state index contributed by atoms with van der Waals surface area (Å²) in [5.74, 6) is -0.667. The van der Waals surface area contributed by atoms with Gasteiger partial charge in [0.2, 0.25) is 0 Å². The SMILES string of the molecule is CC(=O)O.CC(C)=O.CCCCCC.CO. The lowest BCUT2D eigenvalue weighted by Crippen LogP contribution is -1.78. The number of carboxylic acid groups (broad SMARTS) is 1. The fourth-order valence-corrected chi connectivity index (χ4v) is 0.500. The third kappa shape index (κ3) is 435. The molecule has 0 aromatic heterocycles. The molecule has 16 heavy (non-hydrogen) atoms. The molecule has 0 saturated heterocycles. The van der Waals surface area contributed by atoms with Crippen molar-refractivity contribution in [3.63, 3.8) is 0 Å². The molecule has 0 saturated carbocycles. The van der Waals surface area contributed by atoms with Crippen molar-refractivity contribution in [2.75, 3.05) is 7.11 Å². The van der Waals surface area contributed by atoms with Crippen LogP contribution in [0.3, 0.4) is 0 Å². The van der Waals surface area contributed by atoms with E-state index < -0.39 is 5.97 Å². The highest BCUT2D eigenvalue weighted by Crippen LogP contribution is 1.95. The first kappa shape index (κ1) is 24.4. The number of aliphatic hydroxyl groups excluding tert-OH is 1. The molecular weight excluding hydrogens is 208 g/mol. The van der Waals surface area contributed by atoms with Crippen molar-refractivity contribution >= 4 is 11.8 Å². The molecule has 0 aromatic carbocycles. The van der Waals surface area contributed by atoms with Gasteiger partial charge < -0.3 is 15.0 Å². The molecule has 0 aromatic rings. The van der Waals surface area contributed by atoms with Gasteiger partial charge >= 0.3 is 0 Å². The second-order valence-corrected chi connectivity index (χ2v) is 3.13. The molecule has 0 aliphatic heterocycles. The van der Waals surface area contributed by atoms with E-state index in [1.54, 1.807) is 0 Å². The summed E-state index contributed by atoms with van der Waals surface area (Å²) in [7, 11) is 1.00. The summed E-state index contributed by atoms with van der Waals surface area (Å²) < 4.78 is 0. The summed E-state index contributed by atoms with van der Waals surface area (Å²) in [6, 6.07) is 0. The molecule has 0 amide bonds. The standard InChI is InChI=1S/C6H14.C3H6O.C2H4O2.CH4O/c1-3-5-6-4-2;1-3(2)4;1-2(3)4;1-2/h3-6H2,1-2H3;1-2H3;1H3,(H,3,4);2H,1H3. The molecule has 100 valence electrons. The second kappa shape index (κ2) is 29.2. The van der Waals surface area contributed by atoms with E-state index in [0.29, 0.717) is 0 Å². The van der Waals surface area contributed by atoms with Crippen molar-refractivity contribution in [3.8, 4) is 0 Å². The van der Waals surface area contributed by atoms with E-state index in [1.807, 2.05) is 0 Å². The van der Waals surface area contributed by atoms with E-state index in [4.69, 9.17) is 15.0 Å². The van der Waals surface area contributed by atoms with Crippen molar-refractivity contribution in [1.82, 2.24) is 0 Å². The van der Waals surface area contributed by atoms with Crippen LogP contribution in [0.1, 0.15) is 60.3 Å². The van der Waals surface area contributed by atoms with Crippen molar-refractivity contribution in [3.05, 3.63) is 0 Å². The summed E-state index contributed by atoms with van der Waals surface area (Å²) >= 11 is 0. The van der Waals surface area contributed by atoms with Crippen molar-refractivity contribution in [2.45, 2.75) is 60.3 Å². The maximum absolute atomic E-state index is 9.44. The lowest BCUT2D eigenvalue weighted by Gasteiger charge is -1.86. The Hall–Kier alpha value is -0.900. The van der Waals surface area contributed by atoms with Gasteiger partial charge in [-0.15, -0.1) is 0 Å². The second-order valence-electron chi connectivity index (χ2n) is 3.13. The topological polar surface area (TPSA) is 74.6 Å². The molecular formula is C12H28O4. The Kier molecular flexibility index (Phi) is 44.5. The molecule has 0 aliphatic carbocycles. The number of aliphatic hydroxyl groups is 1. The van der Waals surface area contributed by atoms with Gasteiger partial charge in [-0.05, 0) is 13.8 Å². The largest absolute Gasteiger partial charge is 0.481 e. The quantitative estimate of drug-likeness (QED) is 0.739. The number of hydrogen-bond donors (Lipinski definition) is 2. The number of Topliss-reactive ketones (excluding diaryl/α,β-unsaturated/α-hetero) is 1. The van der Waals surface area contributed by atoms with E-state index in [1.165, 1.54) is 39.5 Å². The average Bonchev–Trinajstić information content (AvgIpc) is 2.16. The van der Waals surface area contributed by atoms with Crippen LogP contribution in [0.25, 0.3) is 0 Å². The number of aliphatic carboxylic acids is 1. The molecule has 0 aliphatic rings. The summed E-state index contributed by atoms with van der Waals surface area (Å²) in [5, 5.41) is 14.4. The van der Waals surface area contributed by atoms with Gasteiger partial charge in [0.25, 0.3) is 5.97 Å². The monoisotopic (exact) mass is 236 g/mol. The zero-order chi connectivity index (χ0) is 14.0. The Balaban J connectivity index is -0.0000000643. The van der Waals surface area contributed by atoms with Gasteiger partial charge in [0, 0.05) is 14.0 Å². The molecule has 2 N–H and O–H groups in total. The maximum atomic E-state index is 9.44. The van der Waals surface area contributed by atoms with Crippen LogP contribution in [0.4, 0.5) is 0 Å². The minimum absolute atomic E-state index is 0.167. The molecule has 4 nitrogen and oxygen atoms in total. The molecule has 4 heteroatoms. The molecule has 0 unspecified atom stereocenters. The number of carbonyl (C=O) groups is 2. The zero-order valence-electron chi connectivity index (χ0n) is 11.5. The summed E-state index contributed by atoms with van der Waals surface area (Å²) in [4.78, 5) is 18.4. The molecule has 0 atom stereocenters. The van der Waals surface area contributed by atoms with Crippen molar-refractivity contribution in [2.24, 2.45) is 0 Å². The van der Waals surface area contributed by atoms with Gasteiger partial charge in [-0.2, -0.15) is 0 Å². The van der Waals surface area contributed by atoms with E-state index in [9.17, 15) is 4.79 Å². The van der Waals surface area contributed by atoms with Crippen LogP contribution in [0, 0.1) is 0 Å². The lowest BCUT2D eigenvalue weighted by atomic mass is 10.2. The third-order valence-electron chi connectivity index (χ3n) is 0.957. The predicted octanol–water partition coefficient (Wildman–Crippen LogP) is 2.88. The Labute approximate surface area is 99.7 Å². The van der Waals surface area contributed by atoms with Gasteiger partial charge in [0.1, 0.15) is 5.78 Å².